The third kappa shape index (κ3) is 5.41. The van der Waals surface area contributed by atoms with Crippen molar-refractivity contribution in [3.8, 4) is 10.6 Å². The van der Waals surface area contributed by atoms with Gasteiger partial charge in [-0.15, -0.1) is 11.3 Å². The van der Waals surface area contributed by atoms with Crippen molar-refractivity contribution in [2.75, 3.05) is 0 Å². The third-order valence-electron chi connectivity index (χ3n) is 4.84. The summed E-state index contributed by atoms with van der Waals surface area (Å²) in [6.45, 7) is 10.1. The first-order chi connectivity index (χ1) is 11.9. The molecule has 1 aromatic heterocycles. The molecule has 1 atom stereocenters. The van der Waals surface area contributed by atoms with E-state index in [0.717, 1.165) is 41.8 Å². The van der Waals surface area contributed by atoms with Crippen LogP contribution < -0.4 is 5.73 Å². The fourth-order valence-corrected chi connectivity index (χ4v) is 3.77. The number of nitrogens with zero attached hydrogens (tertiary/aromatic N) is 1. The highest BCUT2D eigenvalue weighted by Gasteiger charge is 2.22. The number of rotatable bonds is 9. The summed E-state index contributed by atoms with van der Waals surface area (Å²) in [4.78, 5) is 5.65. The second-order valence-corrected chi connectivity index (χ2v) is 8.20. The van der Waals surface area contributed by atoms with Crippen molar-refractivity contribution >= 4 is 17.1 Å². The maximum absolute atomic E-state index is 9.88. The van der Waals surface area contributed by atoms with Crippen LogP contribution in [0.1, 0.15) is 62.0 Å². The van der Waals surface area contributed by atoms with E-state index in [2.05, 4.69) is 38.4 Å². The molecule has 0 aliphatic rings. The van der Waals surface area contributed by atoms with Gasteiger partial charge in [0.15, 0.2) is 0 Å². The molecule has 1 aromatic carbocycles. The van der Waals surface area contributed by atoms with Crippen molar-refractivity contribution in [2.45, 2.75) is 64.8 Å². The molecule has 1 heterocycles. The van der Waals surface area contributed by atoms with Gasteiger partial charge < -0.3 is 10.8 Å². The summed E-state index contributed by atoms with van der Waals surface area (Å²) in [5, 5.41) is 10.9. The van der Waals surface area contributed by atoms with Gasteiger partial charge in [0.05, 0.1) is 0 Å². The molecule has 3 nitrogen and oxygen atoms in total. The molecule has 3 N–H and O–H groups in total. The number of benzene rings is 1. The predicted octanol–water partition coefficient (Wildman–Crippen LogP) is 5.88. The predicted molar refractivity (Wildman–Crippen MR) is 109 cm³/mol. The summed E-state index contributed by atoms with van der Waals surface area (Å²) in [6, 6.07) is 6.14. The van der Waals surface area contributed by atoms with Crippen molar-refractivity contribution in [3.63, 3.8) is 0 Å². The van der Waals surface area contributed by atoms with E-state index in [9.17, 15) is 5.11 Å². The van der Waals surface area contributed by atoms with Gasteiger partial charge in [0.1, 0.15) is 10.8 Å². The van der Waals surface area contributed by atoms with Gasteiger partial charge in [-0.3, -0.25) is 0 Å². The quantitative estimate of drug-likeness (QED) is 0.550. The number of thiazole rings is 1. The highest BCUT2D eigenvalue weighted by Crippen LogP contribution is 2.30. The normalized spacial score (nSPS) is 13.6. The summed E-state index contributed by atoms with van der Waals surface area (Å²) < 4.78 is 0. The standard InChI is InChI=1S/C21H30N2OS/c1-5-7-9-21(22,6-2)10-8-17-11-18(16(4)24)13-19(12-17)20-23-14-15(3)25-20/h11-14,24H,4-10,22H2,1-3H3. The Kier molecular flexibility index (Phi) is 6.79. The molecule has 4 heteroatoms. The summed E-state index contributed by atoms with van der Waals surface area (Å²) in [7, 11) is 0. The van der Waals surface area contributed by atoms with Gasteiger partial charge in [-0.2, -0.15) is 0 Å². The Balaban J connectivity index is 2.24. The van der Waals surface area contributed by atoms with E-state index >= 15 is 0 Å². The molecule has 0 radical (unpaired) electrons. The first-order valence-corrected chi connectivity index (χ1v) is 9.92. The molecule has 0 saturated carbocycles. The Morgan fingerprint density at radius 1 is 1.28 bits per heavy atom. The zero-order chi connectivity index (χ0) is 18.4. The lowest BCUT2D eigenvalue weighted by atomic mass is 9.84. The molecule has 25 heavy (non-hydrogen) atoms. The van der Waals surface area contributed by atoms with Gasteiger partial charge in [-0.05, 0) is 56.4 Å². The Morgan fingerprint density at radius 2 is 2.04 bits per heavy atom. The van der Waals surface area contributed by atoms with Crippen molar-refractivity contribution in [3.05, 3.63) is 47.0 Å². The molecular formula is C21H30N2OS. The average molecular weight is 359 g/mol. The zero-order valence-corrected chi connectivity index (χ0v) is 16.5. The van der Waals surface area contributed by atoms with Crippen LogP contribution in [-0.2, 0) is 6.42 Å². The lowest BCUT2D eigenvalue weighted by Crippen LogP contribution is -2.39. The Bertz CT molecular complexity index is 722. The van der Waals surface area contributed by atoms with E-state index in [4.69, 9.17) is 5.73 Å². The van der Waals surface area contributed by atoms with Gasteiger partial charge in [-0.25, -0.2) is 4.98 Å². The number of hydrogen-bond acceptors (Lipinski definition) is 4. The van der Waals surface area contributed by atoms with Crippen LogP contribution in [-0.4, -0.2) is 15.6 Å². The Morgan fingerprint density at radius 3 is 2.60 bits per heavy atom. The number of aryl methyl sites for hydroxylation is 2. The topological polar surface area (TPSA) is 59.1 Å². The zero-order valence-electron chi connectivity index (χ0n) is 15.6. The van der Waals surface area contributed by atoms with Crippen molar-refractivity contribution < 1.29 is 5.11 Å². The minimum Gasteiger partial charge on any atom is -0.508 e. The van der Waals surface area contributed by atoms with E-state index in [1.165, 1.54) is 23.3 Å². The van der Waals surface area contributed by atoms with Crippen LogP contribution in [0.2, 0.25) is 0 Å². The van der Waals surface area contributed by atoms with E-state index < -0.39 is 0 Å². The van der Waals surface area contributed by atoms with Crippen LogP contribution in [0.5, 0.6) is 0 Å². The maximum atomic E-state index is 9.88. The fraction of sp³-hybridized carbons (Fsp3) is 0.476. The van der Waals surface area contributed by atoms with Crippen LogP contribution in [0.4, 0.5) is 0 Å². The minimum absolute atomic E-state index is 0.0943. The second kappa shape index (κ2) is 8.63. The van der Waals surface area contributed by atoms with Crippen molar-refractivity contribution in [1.29, 1.82) is 0 Å². The van der Waals surface area contributed by atoms with Crippen LogP contribution in [0, 0.1) is 6.92 Å². The monoisotopic (exact) mass is 358 g/mol. The Hall–Kier alpha value is -1.65. The van der Waals surface area contributed by atoms with Crippen molar-refractivity contribution in [2.24, 2.45) is 5.73 Å². The van der Waals surface area contributed by atoms with E-state index in [-0.39, 0.29) is 11.3 Å². The lowest BCUT2D eigenvalue weighted by Gasteiger charge is -2.28. The second-order valence-electron chi connectivity index (χ2n) is 6.96. The number of aliphatic hydroxyl groups is 1. The van der Waals surface area contributed by atoms with Crippen LogP contribution in [0.3, 0.4) is 0 Å². The first kappa shape index (κ1) is 19.7. The van der Waals surface area contributed by atoms with E-state index in [1.54, 1.807) is 11.3 Å². The maximum Gasteiger partial charge on any atom is 0.123 e. The van der Waals surface area contributed by atoms with Crippen molar-refractivity contribution in [1.82, 2.24) is 4.98 Å². The molecule has 2 rings (SSSR count). The molecule has 0 bridgehead atoms. The highest BCUT2D eigenvalue weighted by molar-refractivity contribution is 7.14. The molecule has 0 amide bonds. The number of aromatic nitrogens is 1. The van der Waals surface area contributed by atoms with Gasteiger partial charge in [0.2, 0.25) is 0 Å². The molecule has 0 aliphatic carbocycles. The van der Waals surface area contributed by atoms with E-state index in [0.29, 0.717) is 0 Å². The van der Waals surface area contributed by atoms with Gasteiger partial charge >= 0.3 is 0 Å². The SMILES string of the molecule is C=C(O)c1cc(CCC(N)(CC)CCCC)cc(-c2ncc(C)s2)c1. The molecule has 0 aliphatic heterocycles. The molecular weight excluding hydrogens is 328 g/mol. The summed E-state index contributed by atoms with van der Waals surface area (Å²) >= 11 is 1.66. The third-order valence-corrected chi connectivity index (χ3v) is 5.80. The first-order valence-electron chi connectivity index (χ1n) is 9.11. The largest absolute Gasteiger partial charge is 0.508 e. The summed E-state index contributed by atoms with van der Waals surface area (Å²) in [6.07, 6.45) is 8.11. The number of hydrogen-bond donors (Lipinski definition) is 2. The fourth-order valence-electron chi connectivity index (χ4n) is 3.02. The average Bonchev–Trinajstić information content (AvgIpc) is 3.04. The van der Waals surface area contributed by atoms with Gasteiger partial charge in [0.25, 0.3) is 0 Å². The van der Waals surface area contributed by atoms with Crippen LogP contribution in [0.25, 0.3) is 16.3 Å². The number of aliphatic hydroxyl groups excluding tert-OH is 1. The molecule has 136 valence electrons. The summed E-state index contributed by atoms with van der Waals surface area (Å²) in [5.74, 6) is 0.0943. The van der Waals surface area contributed by atoms with Gasteiger partial charge in [-0.1, -0.05) is 33.3 Å². The molecule has 1 unspecified atom stereocenters. The molecule has 0 fully saturated rings. The molecule has 2 aromatic rings. The van der Waals surface area contributed by atoms with Crippen LogP contribution >= 0.6 is 11.3 Å². The van der Waals surface area contributed by atoms with Gasteiger partial charge in [0, 0.05) is 27.7 Å². The minimum atomic E-state index is -0.111. The number of nitrogens with two attached hydrogens (primary N) is 1. The smallest absolute Gasteiger partial charge is 0.123 e. The summed E-state index contributed by atoms with van der Waals surface area (Å²) in [5.41, 5.74) is 9.46. The highest BCUT2D eigenvalue weighted by atomic mass is 32.1. The Labute approximate surface area is 155 Å². The van der Waals surface area contributed by atoms with Crippen LogP contribution in [0.15, 0.2) is 31.0 Å². The number of unbranched alkanes of at least 4 members (excludes halogenated alkanes) is 1. The molecule has 0 spiro atoms. The lowest BCUT2D eigenvalue weighted by molar-refractivity contribution is 0.342. The molecule has 0 saturated heterocycles. The van der Waals surface area contributed by atoms with E-state index in [1.807, 2.05) is 18.3 Å².